The molecule has 2 aliphatic rings. The van der Waals surface area contributed by atoms with E-state index in [-0.39, 0.29) is 12.6 Å². The summed E-state index contributed by atoms with van der Waals surface area (Å²) in [6, 6.07) is 15.5. The fraction of sp³-hybridized carbons (Fsp3) is 0.333. The summed E-state index contributed by atoms with van der Waals surface area (Å²) in [5.41, 5.74) is 2.08. The van der Waals surface area contributed by atoms with Gasteiger partial charge in [-0.25, -0.2) is 9.59 Å². The number of carbonyl (C=O) groups excluding carboxylic acids is 2. The molecule has 0 bridgehead atoms. The summed E-state index contributed by atoms with van der Waals surface area (Å²) in [6.45, 7) is 4.03. The maximum atomic E-state index is 12.8. The predicted octanol–water partition coefficient (Wildman–Crippen LogP) is 3.77. The standard InChI is InChI=1S/C21H21NO4/c1-3-25-20(24)21-13-12-17(15-10-8-14(2)9-11-15)22(21)18-7-5-4-6-16(18)19(23)26-21/h4-11,17H,3,12-13H2,1-2H3/t17-,21-/m0/s1. The predicted molar refractivity (Wildman–Crippen MR) is 96.9 cm³/mol. The zero-order chi connectivity index (χ0) is 18.3. The molecule has 0 aliphatic carbocycles. The zero-order valence-corrected chi connectivity index (χ0v) is 14.9. The Hall–Kier alpha value is -2.82. The van der Waals surface area contributed by atoms with Crippen LogP contribution in [-0.4, -0.2) is 24.3 Å². The van der Waals surface area contributed by atoms with Crippen LogP contribution in [0.25, 0.3) is 0 Å². The number of carbonyl (C=O) groups is 2. The smallest absolute Gasteiger partial charge is 0.372 e. The lowest BCUT2D eigenvalue weighted by atomic mass is 10.0. The molecule has 1 fully saturated rings. The van der Waals surface area contributed by atoms with Crippen LogP contribution in [0.15, 0.2) is 48.5 Å². The van der Waals surface area contributed by atoms with Gasteiger partial charge in [0.1, 0.15) is 0 Å². The van der Waals surface area contributed by atoms with Crippen molar-refractivity contribution in [2.24, 2.45) is 0 Å². The quantitative estimate of drug-likeness (QED) is 0.788. The van der Waals surface area contributed by atoms with Crippen LogP contribution in [0.3, 0.4) is 0 Å². The number of fused-ring (bicyclic) bond motifs is 3. The number of para-hydroxylation sites is 1. The van der Waals surface area contributed by atoms with E-state index in [9.17, 15) is 9.59 Å². The van der Waals surface area contributed by atoms with E-state index in [1.807, 2.05) is 24.0 Å². The fourth-order valence-corrected chi connectivity index (χ4v) is 3.95. The van der Waals surface area contributed by atoms with Crippen LogP contribution in [0.5, 0.6) is 0 Å². The number of hydrogen-bond acceptors (Lipinski definition) is 5. The van der Waals surface area contributed by atoms with Crippen molar-refractivity contribution in [3.8, 4) is 0 Å². The summed E-state index contributed by atoms with van der Waals surface area (Å²) in [5, 5.41) is 0. The molecule has 4 rings (SSSR count). The summed E-state index contributed by atoms with van der Waals surface area (Å²) >= 11 is 0. The number of esters is 2. The Morgan fingerprint density at radius 3 is 2.69 bits per heavy atom. The Balaban J connectivity index is 1.86. The number of hydrogen-bond donors (Lipinski definition) is 0. The van der Waals surface area contributed by atoms with Gasteiger partial charge in [0.25, 0.3) is 5.72 Å². The van der Waals surface area contributed by atoms with Crippen molar-refractivity contribution in [1.82, 2.24) is 0 Å². The highest BCUT2D eigenvalue weighted by Crippen LogP contribution is 2.50. The van der Waals surface area contributed by atoms with Crippen molar-refractivity contribution in [1.29, 1.82) is 0 Å². The maximum absolute atomic E-state index is 12.8. The lowest BCUT2D eigenvalue weighted by Gasteiger charge is -2.43. The Morgan fingerprint density at radius 2 is 1.96 bits per heavy atom. The first-order valence-corrected chi connectivity index (χ1v) is 8.92. The van der Waals surface area contributed by atoms with Crippen molar-refractivity contribution in [2.45, 2.75) is 38.5 Å². The molecule has 5 nitrogen and oxygen atoms in total. The van der Waals surface area contributed by atoms with Crippen LogP contribution in [0.2, 0.25) is 0 Å². The molecule has 134 valence electrons. The molecule has 5 heteroatoms. The normalized spacial score (nSPS) is 23.8. The van der Waals surface area contributed by atoms with Crippen LogP contribution >= 0.6 is 0 Å². The number of nitrogens with zero attached hydrogens (tertiary/aromatic N) is 1. The van der Waals surface area contributed by atoms with Crippen LogP contribution in [0, 0.1) is 6.92 Å². The Morgan fingerprint density at radius 1 is 1.23 bits per heavy atom. The third-order valence-electron chi connectivity index (χ3n) is 5.16. The molecule has 2 aromatic rings. The Kier molecular flexibility index (Phi) is 3.94. The van der Waals surface area contributed by atoms with Gasteiger partial charge < -0.3 is 14.4 Å². The topological polar surface area (TPSA) is 55.8 Å². The molecule has 0 radical (unpaired) electrons. The second-order valence-electron chi connectivity index (χ2n) is 6.75. The Bertz CT molecular complexity index is 861. The number of ether oxygens (including phenoxy) is 2. The second-order valence-corrected chi connectivity index (χ2v) is 6.75. The molecule has 0 spiro atoms. The summed E-state index contributed by atoms with van der Waals surface area (Å²) < 4.78 is 11.0. The first-order chi connectivity index (χ1) is 12.6. The van der Waals surface area contributed by atoms with E-state index in [0.29, 0.717) is 18.4 Å². The van der Waals surface area contributed by atoms with Crippen molar-refractivity contribution in [3.05, 3.63) is 65.2 Å². The van der Waals surface area contributed by atoms with Gasteiger partial charge >= 0.3 is 11.9 Å². The molecular weight excluding hydrogens is 330 g/mol. The molecule has 0 saturated carbocycles. The van der Waals surface area contributed by atoms with Gasteiger partial charge in [-0.1, -0.05) is 42.0 Å². The summed E-state index contributed by atoms with van der Waals surface area (Å²) in [6.07, 6.45) is 1.11. The highest BCUT2D eigenvalue weighted by atomic mass is 16.6. The van der Waals surface area contributed by atoms with Gasteiger partial charge in [0.05, 0.1) is 23.9 Å². The number of rotatable bonds is 3. The largest absolute Gasteiger partial charge is 0.462 e. The number of benzene rings is 2. The van der Waals surface area contributed by atoms with E-state index in [2.05, 4.69) is 24.3 Å². The highest BCUT2D eigenvalue weighted by molar-refractivity contribution is 6.02. The monoisotopic (exact) mass is 351 g/mol. The average molecular weight is 351 g/mol. The lowest BCUT2D eigenvalue weighted by Crippen LogP contribution is -2.58. The molecule has 0 aromatic heterocycles. The number of anilines is 1. The van der Waals surface area contributed by atoms with Gasteiger partial charge in [-0.05, 0) is 38.0 Å². The molecule has 2 aromatic carbocycles. The van der Waals surface area contributed by atoms with Gasteiger partial charge in [0.15, 0.2) is 0 Å². The van der Waals surface area contributed by atoms with Gasteiger partial charge in [-0.3, -0.25) is 0 Å². The molecule has 0 unspecified atom stereocenters. The third-order valence-corrected chi connectivity index (χ3v) is 5.16. The van der Waals surface area contributed by atoms with Crippen LogP contribution < -0.4 is 4.90 Å². The molecule has 0 N–H and O–H groups in total. The Labute approximate surface area is 152 Å². The minimum absolute atomic E-state index is 0.0609. The summed E-state index contributed by atoms with van der Waals surface area (Å²) in [4.78, 5) is 27.4. The van der Waals surface area contributed by atoms with Crippen LogP contribution in [0.1, 0.15) is 47.3 Å². The second kappa shape index (κ2) is 6.16. The fourth-order valence-electron chi connectivity index (χ4n) is 3.95. The summed E-state index contributed by atoms with van der Waals surface area (Å²) in [7, 11) is 0. The minimum Gasteiger partial charge on any atom is -0.462 e. The van der Waals surface area contributed by atoms with E-state index < -0.39 is 17.7 Å². The molecule has 0 amide bonds. The molecule has 1 saturated heterocycles. The SMILES string of the molecule is CCOC(=O)[C@@]12CC[C@@H](c3ccc(C)cc3)N1c1ccccc1C(=O)O2. The van der Waals surface area contributed by atoms with Crippen molar-refractivity contribution in [3.63, 3.8) is 0 Å². The first-order valence-electron chi connectivity index (χ1n) is 8.92. The molecule has 26 heavy (non-hydrogen) atoms. The van der Waals surface area contributed by atoms with Crippen molar-refractivity contribution >= 4 is 17.6 Å². The van der Waals surface area contributed by atoms with Gasteiger partial charge in [-0.2, -0.15) is 0 Å². The van der Waals surface area contributed by atoms with E-state index in [4.69, 9.17) is 9.47 Å². The zero-order valence-electron chi connectivity index (χ0n) is 14.9. The van der Waals surface area contributed by atoms with E-state index >= 15 is 0 Å². The van der Waals surface area contributed by atoms with E-state index in [1.54, 1.807) is 19.1 Å². The third kappa shape index (κ3) is 2.38. The molecule has 2 aliphatic heterocycles. The van der Waals surface area contributed by atoms with Crippen LogP contribution in [0.4, 0.5) is 5.69 Å². The van der Waals surface area contributed by atoms with E-state index in [0.717, 1.165) is 11.3 Å². The minimum atomic E-state index is -1.39. The number of aryl methyl sites for hydroxylation is 1. The van der Waals surface area contributed by atoms with Crippen LogP contribution in [-0.2, 0) is 14.3 Å². The van der Waals surface area contributed by atoms with Crippen molar-refractivity contribution in [2.75, 3.05) is 11.5 Å². The van der Waals surface area contributed by atoms with Gasteiger partial charge in [0, 0.05) is 6.42 Å². The van der Waals surface area contributed by atoms with Crippen molar-refractivity contribution < 1.29 is 19.1 Å². The average Bonchev–Trinajstić information content (AvgIpc) is 3.04. The lowest BCUT2D eigenvalue weighted by molar-refractivity contribution is -0.165. The van der Waals surface area contributed by atoms with E-state index in [1.165, 1.54) is 5.56 Å². The maximum Gasteiger partial charge on any atom is 0.372 e. The molecule has 2 atom stereocenters. The molecule has 2 heterocycles. The van der Waals surface area contributed by atoms with Gasteiger partial charge in [-0.15, -0.1) is 0 Å². The molecular formula is C21H21NO4. The highest BCUT2D eigenvalue weighted by Gasteiger charge is 2.59. The first kappa shape index (κ1) is 16.6. The summed E-state index contributed by atoms with van der Waals surface area (Å²) in [5.74, 6) is -0.980. The van der Waals surface area contributed by atoms with Gasteiger partial charge in [0.2, 0.25) is 0 Å².